The lowest BCUT2D eigenvalue weighted by Gasteiger charge is -2.10. The third kappa shape index (κ3) is 3.71. The van der Waals surface area contributed by atoms with E-state index in [1.165, 1.54) is 11.8 Å². The van der Waals surface area contributed by atoms with Gasteiger partial charge in [0.2, 0.25) is 5.91 Å². The van der Waals surface area contributed by atoms with Gasteiger partial charge in [0.1, 0.15) is 0 Å². The molecule has 15 heavy (non-hydrogen) atoms. The molecule has 0 radical (unpaired) electrons. The van der Waals surface area contributed by atoms with Gasteiger partial charge in [-0.2, -0.15) is 0 Å². The highest BCUT2D eigenvalue weighted by atomic mass is 32.2. The van der Waals surface area contributed by atoms with Gasteiger partial charge >= 0.3 is 5.97 Å². The molecule has 0 aromatic heterocycles. The second-order valence-electron chi connectivity index (χ2n) is 3.36. The van der Waals surface area contributed by atoms with E-state index in [1.54, 1.807) is 0 Å². The predicted octanol–water partition coefficient (Wildman–Crippen LogP) is -0.154. The minimum absolute atomic E-state index is 0.308. The zero-order chi connectivity index (χ0) is 11.3. The molecule has 0 aromatic rings. The Morgan fingerprint density at radius 2 is 2.33 bits per heavy atom. The van der Waals surface area contributed by atoms with E-state index in [4.69, 9.17) is 10.5 Å². The van der Waals surface area contributed by atoms with Gasteiger partial charge in [-0.1, -0.05) is 13.3 Å². The summed E-state index contributed by atoms with van der Waals surface area (Å²) in [5.74, 6) is -0.202. The lowest BCUT2D eigenvalue weighted by molar-refractivity contribution is -0.143. The number of primary amides is 1. The Bertz CT molecular complexity index is 248. The predicted molar refractivity (Wildman–Crippen MR) is 58.2 cm³/mol. The van der Waals surface area contributed by atoms with Crippen LogP contribution in [0.5, 0.6) is 0 Å². The summed E-state index contributed by atoms with van der Waals surface area (Å²) in [4.78, 5) is 22.3. The highest BCUT2D eigenvalue weighted by molar-refractivity contribution is 8.00. The minimum atomic E-state index is -0.445. The van der Waals surface area contributed by atoms with Crippen LogP contribution < -0.4 is 11.1 Å². The molecule has 86 valence electrons. The van der Waals surface area contributed by atoms with Crippen molar-refractivity contribution in [1.82, 2.24) is 5.32 Å². The number of carbonyl (C=O) groups is 2. The number of thioether (sulfide) groups is 1. The summed E-state index contributed by atoms with van der Waals surface area (Å²) in [7, 11) is 0. The molecule has 0 spiro atoms. The average Bonchev–Trinajstić information content (AvgIpc) is 2.66. The molecule has 0 aromatic carbocycles. The molecule has 3 N–H and O–H groups in total. The van der Waals surface area contributed by atoms with Crippen molar-refractivity contribution in [1.29, 1.82) is 0 Å². The fraction of sp³-hybridized carbons (Fsp3) is 0.778. The molecule has 0 aliphatic carbocycles. The Morgan fingerprint density at radius 1 is 1.60 bits per heavy atom. The monoisotopic (exact) mass is 232 g/mol. The number of nitrogens with one attached hydrogen (secondary N) is 1. The van der Waals surface area contributed by atoms with Crippen molar-refractivity contribution < 1.29 is 14.3 Å². The molecule has 5 nitrogen and oxygen atoms in total. The van der Waals surface area contributed by atoms with Crippen molar-refractivity contribution in [3.8, 4) is 0 Å². The molecule has 1 rings (SSSR count). The number of unbranched alkanes of at least 4 members (excludes halogenated alkanes) is 1. The van der Waals surface area contributed by atoms with Crippen molar-refractivity contribution in [2.24, 2.45) is 5.73 Å². The second kappa shape index (κ2) is 5.97. The van der Waals surface area contributed by atoms with Crippen molar-refractivity contribution in [3.05, 3.63) is 0 Å². The number of hydrogen-bond donors (Lipinski definition) is 2. The number of amides is 1. The van der Waals surface area contributed by atoms with Crippen LogP contribution in [0.3, 0.4) is 0 Å². The maximum atomic E-state index is 11.4. The Morgan fingerprint density at radius 3 is 2.87 bits per heavy atom. The third-order valence-electron chi connectivity index (χ3n) is 2.08. The zero-order valence-corrected chi connectivity index (χ0v) is 9.51. The van der Waals surface area contributed by atoms with Crippen LogP contribution in [-0.4, -0.2) is 35.7 Å². The normalized spacial score (nSPS) is 25.1. The first kappa shape index (κ1) is 12.3. The summed E-state index contributed by atoms with van der Waals surface area (Å²) in [5.41, 5.74) is 5.11. The van der Waals surface area contributed by atoms with Crippen molar-refractivity contribution in [2.45, 2.75) is 31.2 Å². The Balaban J connectivity index is 2.27. The summed E-state index contributed by atoms with van der Waals surface area (Å²) in [6, 6.07) is -0.418. The van der Waals surface area contributed by atoms with E-state index >= 15 is 0 Å². The van der Waals surface area contributed by atoms with E-state index in [2.05, 4.69) is 5.32 Å². The highest BCUT2D eigenvalue weighted by Crippen LogP contribution is 2.19. The maximum absolute atomic E-state index is 11.4. The number of carbonyl (C=O) groups excluding carboxylic acids is 2. The molecule has 1 aliphatic rings. The van der Waals surface area contributed by atoms with Crippen LogP contribution in [0.1, 0.15) is 19.8 Å². The first-order chi connectivity index (χ1) is 7.15. The molecule has 1 fully saturated rings. The SMILES string of the molecule is CCCCOC(=O)C1NC(C(N)=O)CS1. The van der Waals surface area contributed by atoms with E-state index in [1.807, 2.05) is 6.92 Å². The van der Waals surface area contributed by atoms with Crippen LogP contribution in [0.4, 0.5) is 0 Å². The van der Waals surface area contributed by atoms with Gasteiger partial charge in [-0.25, -0.2) is 4.79 Å². The lowest BCUT2D eigenvalue weighted by atomic mass is 10.3. The molecule has 1 amide bonds. The average molecular weight is 232 g/mol. The van der Waals surface area contributed by atoms with Gasteiger partial charge in [-0.15, -0.1) is 11.8 Å². The van der Waals surface area contributed by atoms with Gasteiger partial charge < -0.3 is 10.5 Å². The smallest absolute Gasteiger partial charge is 0.333 e. The Hall–Kier alpha value is -0.750. The first-order valence-electron chi connectivity index (χ1n) is 4.98. The van der Waals surface area contributed by atoms with Crippen LogP contribution in [-0.2, 0) is 14.3 Å². The third-order valence-corrected chi connectivity index (χ3v) is 3.27. The summed E-state index contributed by atoms with van der Waals surface area (Å²) in [6.07, 6.45) is 1.85. The lowest BCUT2D eigenvalue weighted by Crippen LogP contribution is -2.43. The van der Waals surface area contributed by atoms with E-state index in [0.29, 0.717) is 12.4 Å². The van der Waals surface area contributed by atoms with Crippen LogP contribution in [0, 0.1) is 0 Å². The van der Waals surface area contributed by atoms with Gasteiger partial charge in [0.15, 0.2) is 5.37 Å². The van der Waals surface area contributed by atoms with Gasteiger partial charge in [0, 0.05) is 5.75 Å². The molecule has 1 aliphatic heterocycles. The molecule has 1 heterocycles. The van der Waals surface area contributed by atoms with Gasteiger partial charge in [-0.3, -0.25) is 10.1 Å². The molecule has 0 saturated carbocycles. The fourth-order valence-corrected chi connectivity index (χ4v) is 2.27. The number of nitrogens with two attached hydrogens (primary N) is 1. The number of hydrogen-bond acceptors (Lipinski definition) is 5. The molecule has 1 saturated heterocycles. The van der Waals surface area contributed by atoms with E-state index in [0.717, 1.165) is 12.8 Å². The molecule has 0 bridgehead atoms. The number of ether oxygens (including phenoxy) is 1. The van der Waals surface area contributed by atoms with Crippen LogP contribution in [0.2, 0.25) is 0 Å². The first-order valence-corrected chi connectivity index (χ1v) is 6.03. The van der Waals surface area contributed by atoms with Crippen molar-refractivity contribution >= 4 is 23.6 Å². The Labute approximate surface area is 93.1 Å². The van der Waals surface area contributed by atoms with E-state index in [-0.39, 0.29) is 5.97 Å². The number of rotatable bonds is 5. The quantitative estimate of drug-likeness (QED) is 0.509. The largest absolute Gasteiger partial charge is 0.464 e. The van der Waals surface area contributed by atoms with Gasteiger partial charge in [0.05, 0.1) is 12.6 Å². The molecule has 6 heteroatoms. The minimum Gasteiger partial charge on any atom is -0.464 e. The van der Waals surface area contributed by atoms with E-state index in [9.17, 15) is 9.59 Å². The summed E-state index contributed by atoms with van der Waals surface area (Å²) in [6.45, 7) is 2.47. The molecular weight excluding hydrogens is 216 g/mol. The molecule has 2 atom stereocenters. The fourth-order valence-electron chi connectivity index (χ4n) is 1.16. The van der Waals surface area contributed by atoms with Gasteiger partial charge in [-0.05, 0) is 6.42 Å². The van der Waals surface area contributed by atoms with Crippen LogP contribution in [0.25, 0.3) is 0 Å². The zero-order valence-electron chi connectivity index (χ0n) is 8.69. The topological polar surface area (TPSA) is 81.4 Å². The summed E-state index contributed by atoms with van der Waals surface area (Å²) >= 11 is 1.36. The Kier molecular flexibility index (Phi) is 4.90. The van der Waals surface area contributed by atoms with Gasteiger partial charge in [0.25, 0.3) is 0 Å². The summed E-state index contributed by atoms with van der Waals surface area (Å²) in [5, 5.41) is 2.39. The number of esters is 1. The van der Waals surface area contributed by atoms with Crippen LogP contribution >= 0.6 is 11.8 Å². The second-order valence-corrected chi connectivity index (χ2v) is 4.49. The molecular formula is C9H16N2O3S. The maximum Gasteiger partial charge on any atom is 0.333 e. The van der Waals surface area contributed by atoms with Crippen LogP contribution in [0.15, 0.2) is 0 Å². The standard InChI is InChI=1S/C9H16N2O3S/c1-2-3-4-14-9(13)8-11-6(5-15-8)7(10)12/h6,8,11H,2-5H2,1H3,(H2,10,12). The van der Waals surface area contributed by atoms with E-state index < -0.39 is 17.3 Å². The van der Waals surface area contributed by atoms with Crippen molar-refractivity contribution in [3.63, 3.8) is 0 Å². The van der Waals surface area contributed by atoms with Crippen molar-refractivity contribution in [2.75, 3.05) is 12.4 Å². The molecule has 2 unspecified atom stereocenters. The highest BCUT2D eigenvalue weighted by Gasteiger charge is 2.33. The summed E-state index contributed by atoms with van der Waals surface area (Å²) < 4.78 is 5.02.